The zero-order valence-corrected chi connectivity index (χ0v) is 25.9. The van der Waals surface area contributed by atoms with Gasteiger partial charge in [-0.2, -0.15) is 0 Å². The molecule has 2 bridgehead atoms. The van der Waals surface area contributed by atoms with Crippen LogP contribution in [0.5, 0.6) is 0 Å². The molecule has 0 spiro atoms. The third-order valence-electron chi connectivity index (χ3n) is 8.35. The van der Waals surface area contributed by atoms with Crippen molar-refractivity contribution in [2.24, 2.45) is 5.73 Å². The van der Waals surface area contributed by atoms with Gasteiger partial charge in [0.1, 0.15) is 6.10 Å². The van der Waals surface area contributed by atoms with Gasteiger partial charge >= 0.3 is 5.97 Å². The van der Waals surface area contributed by atoms with E-state index in [-0.39, 0.29) is 30.8 Å². The Labute approximate surface area is 249 Å². The number of ether oxygens (including phenoxy) is 4. The van der Waals surface area contributed by atoms with Gasteiger partial charge in [0.05, 0.1) is 38.1 Å². The molecule has 2 aliphatic heterocycles. The fraction of sp³-hybridized carbons (Fsp3) is 0.909. The standard InChI is InChI=1S/C33H61NO7/c1-2-39-31(37)21-17-13-12-16-20-30-32-29(36)22-24-33(40-30,41-32)23-18-14-10-8-6-4-3-5-7-9-11-15-19-25-38-27-28(34)26-35/h17,21,28-30,32,35-36H,2-16,18-20,22-27,34H2,1H3/b21-17+/t28-,29-,30-,32-,33-/m1/s1. The fourth-order valence-electron chi connectivity index (χ4n) is 5.94. The van der Waals surface area contributed by atoms with E-state index in [4.69, 9.17) is 29.8 Å². The lowest BCUT2D eigenvalue weighted by atomic mass is 9.94. The Bertz CT molecular complexity index is 690. The molecule has 5 atom stereocenters. The van der Waals surface area contributed by atoms with Crippen LogP contribution >= 0.6 is 0 Å². The summed E-state index contributed by atoms with van der Waals surface area (Å²) in [6.07, 6.45) is 25.4. The van der Waals surface area contributed by atoms with Crippen LogP contribution < -0.4 is 5.73 Å². The zero-order valence-electron chi connectivity index (χ0n) is 25.9. The van der Waals surface area contributed by atoms with E-state index in [0.717, 1.165) is 64.4 Å². The third kappa shape index (κ3) is 15.8. The summed E-state index contributed by atoms with van der Waals surface area (Å²) in [5.74, 6) is -0.767. The second-order valence-corrected chi connectivity index (χ2v) is 12.1. The van der Waals surface area contributed by atoms with Crippen molar-refractivity contribution in [2.45, 2.75) is 165 Å². The lowest BCUT2D eigenvalue weighted by Gasteiger charge is -2.33. The first-order chi connectivity index (χ1) is 20.0. The average molecular weight is 584 g/mol. The highest BCUT2D eigenvalue weighted by Crippen LogP contribution is 2.44. The Morgan fingerprint density at radius 2 is 1.59 bits per heavy atom. The summed E-state index contributed by atoms with van der Waals surface area (Å²) in [7, 11) is 0. The largest absolute Gasteiger partial charge is 0.463 e. The fourth-order valence-corrected chi connectivity index (χ4v) is 5.94. The molecule has 4 N–H and O–H groups in total. The van der Waals surface area contributed by atoms with Crippen LogP contribution in [-0.4, -0.2) is 72.8 Å². The minimum atomic E-state index is -0.487. The molecule has 2 rings (SSSR count). The van der Waals surface area contributed by atoms with Gasteiger partial charge in [-0.1, -0.05) is 83.1 Å². The van der Waals surface area contributed by atoms with Crippen LogP contribution in [0.25, 0.3) is 0 Å². The average Bonchev–Trinajstić information content (AvgIpc) is 3.27. The van der Waals surface area contributed by atoms with Gasteiger partial charge in [0.2, 0.25) is 0 Å². The van der Waals surface area contributed by atoms with Crippen LogP contribution in [0.2, 0.25) is 0 Å². The van der Waals surface area contributed by atoms with E-state index < -0.39 is 11.9 Å². The highest BCUT2D eigenvalue weighted by atomic mass is 16.8. The highest BCUT2D eigenvalue weighted by Gasteiger charge is 2.52. The van der Waals surface area contributed by atoms with Crippen molar-refractivity contribution in [1.29, 1.82) is 0 Å². The van der Waals surface area contributed by atoms with Crippen LogP contribution in [0.15, 0.2) is 12.2 Å². The Morgan fingerprint density at radius 3 is 2.22 bits per heavy atom. The number of aliphatic hydroxyl groups is 2. The molecule has 0 aromatic heterocycles. The van der Waals surface area contributed by atoms with Gasteiger partial charge in [0, 0.05) is 25.5 Å². The first kappa shape index (κ1) is 36.2. The van der Waals surface area contributed by atoms with Crippen LogP contribution in [0.1, 0.15) is 135 Å². The van der Waals surface area contributed by atoms with Crippen molar-refractivity contribution in [3.05, 3.63) is 12.2 Å². The number of allylic oxidation sites excluding steroid dienone is 1. The number of rotatable bonds is 26. The van der Waals surface area contributed by atoms with E-state index in [9.17, 15) is 9.90 Å². The Morgan fingerprint density at radius 1 is 0.951 bits per heavy atom. The first-order valence-electron chi connectivity index (χ1n) is 16.8. The van der Waals surface area contributed by atoms with E-state index in [1.807, 2.05) is 6.08 Å². The maximum Gasteiger partial charge on any atom is 0.330 e. The molecule has 0 aliphatic carbocycles. The number of fused-ring (bicyclic) bond motifs is 2. The number of carbonyl (C=O) groups excluding carboxylic acids is 1. The predicted octanol–water partition coefficient (Wildman–Crippen LogP) is 6.10. The summed E-state index contributed by atoms with van der Waals surface area (Å²) in [5, 5.41) is 19.3. The van der Waals surface area contributed by atoms with E-state index in [2.05, 4.69) is 0 Å². The summed E-state index contributed by atoms with van der Waals surface area (Å²) in [5.41, 5.74) is 5.61. The topological polar surface area (TPSA) is 120 Å². The molecule has 2 saturated heterocycles. The van der Waals surface area contributed by atoms with Gasteiger partial charge < -0.3 is 34.9 Å². The van der Waals surface area contributed by atoms with Gasteiger partial charge in [0.15, 0.2) is 5.79 Å². The second-order valence-electron chi connectivity index (χ2n) is 12.1. The maximum absolute atomic E-state index is 11.4. The molecule has 8 nitrogen and oxygen atoms in total. The molecule has 0 unspecified atom stereocenters. The number of hydrogen-bond acceptors (Lipinski definition) is 8. The first-order valence-corrected chi connectivity index (χ1v) is 16.8. The highest BCUT2D eigenvalue weighted by molar-refractivity contribution is 5.81. The van der Waals surface area contributed by atoms with Crippen molar-refractivity contribution in [3.63, 3.8) is 0 Å². The Kier molecular flexibility index (Phi) is 19.8. The monoisotopic (exact) mass is 583 g/mol. The van der Waals surface area contributed by atoms with E-state index >= 15 is 0 Å². The van der Waals surface area contributed by atoms with E-state index in [0.29, 0.717) is 13.2 Å². The lowest BCUT2D eigenvalue weighted by Crippen LogP contribution is -2.41. The minimum absolute atomic E-state index is 0.0117. The molecular formula is C33H61NO7. The van der Waals surface area contributed by atoms with Crippen LogP contribution in [-0.2, 0) is 23.7 Å². The summed E-state index contributed by atoms with van der Waals surface area (Å²) < 4.78 is 23.1. The number of carbonyl (C=O) groups is 1. The molecule has 0 aromatic carbocycles. The van der Waals surface area contributed by atoms with Gasteiger partial charge in [-0.15, -0.1) is 0 Å². The quantitative estimate of drug-likeness (QED) is 0.0635. The molecule has 0 amide bonds. The summed E-state index contributed by atoms with van der Waals surface area (Å²) in [4.78, 5) is 11.4. The second kappa shape index (κ2) is 22.5. The van der Waals surface area contributed by atoms with Crippen molar-refractivity contribution in [2.75, 3.05) is 26.4 Å². The Balaban J connectivity index is 1.42. The smallest absolute Gasteiger partial charge is 0.330 e. The normalized spacial score (nSPS) is 24.7. The zero-order chi connectivity index (χ0) is 29.6. The molecule has 8 heteroatoms. The third-order valence-corrected chi connectivity index (χ3v) is 8.35. The van der Waals surface area contributed by atoms with Crippen molar-refractivity contribution < 1.29 is 34.0 Å². The van der Waals surface area contributed by atoms with E-state index in [1.54, 1.807) is 6.92 Å². The van der Waals surface area contributed by atoms with Crippen molar-refractivity contribution >= 4 is 5.97 Å². The molecular weight excluding hydrogens is 522 g/mol. The molecule has 0 saturated carbocycles. The SMILES string of the molecule is CCOC(=O)/C=C/CCCC[C@H]1O[C@@]2(CCCCCCCCCCCCCCCOC[C@H](N)CO)CC[C@@H](O)[C@H]1O2. The summed E-state index contributed by atoms with van der Waals surface area (Å²) >= 11 is 0. The molecule has 2 heterocycles. The number of esters is 1. The Hall–Kier alpha value is -1.03. The van der Waals surface area contributed by atoms with Crippen molar-refractivity contribution in [1.82, 2.24) is 0 Å². The molecule has 0 aromatic rings. The summed E-state index contributed by atoms with van der Waals surface area (Å²) in [6, 6.07) is -0.248. The van der Waals surface area contributed by atoms with Crippen molar-refractivity contribution in [3.8, 4) is 0 Å². The number of nitrogens with two attached hydrogens (primary N) is 1. The van der Waals surface area contributed by atoms with Gasteiger partial charge in [-0.05, 0) is 45.4 Å². The molecule has 2 fully saturated rings. The number of hydrogen-bond donors (Lipinski definition) is 3. The predicted molar refractivity (Wildman–Crippen MR) is 162 cm³/mol. The molecule has 240 valence electrons. The van der Waals surface area contributed by atoms with Gasteiger partial charge in [-0.25, -0.2) is 4.79 Å². The van der Waals surface area contributed by atoms with E-state index in [1.165, 1.54) is 76.7 Å². The van der Waals surface area contributed by atoms with Crippen LogP contribution in [0.3, 0.4) is 0 Å². The summed E-state index contributed by atoms with van der Waals surface area (Å²) in [6.45, 7) is 3.40. The van der Waals surface area contributed by atoms with Crippen LogP contribution in [0, 0.1) is 0 Å². The van der Waals surface area contributed by atoms with Crippen LogP contribution in [0.4, 0.5) is 0 Å². The van der Waals surface area contributed by atoms with Gasteiger partial charge in [-0.3, -0.25) is 0 Å². The van der Waals surface area contributed by atoms with Gasteiger partial charge in [0.25, 0.3) is 0 Å². The lowest BCUT2D eigenvalue weighted by molar-refractivity contribution is -0.214. The molecule has 0 radical (unpaired) electrons. The maximum atomic E-state index is 11.4. The molecule has 41 heavy (non-hydrogen) atoms. The number of aliphatic hydroxyl groups excluding tert-OH is 2. The number of unbranched alkanes of at least 4 members (excludes halogenated alkanes) is 14. The molecule has 2 aliphatic rings. The minimum Gasteiger partial charge on any atom is -0.463 e.